The van der Waals surface area contributed by atoms with Gasteiger partial charge in [0.15, 0.2) is 5.69 Å². The number of hydrogen-bond donors (Lipinski definition) is 1. The van der Waals surface area contributed by atoms with Crippen molar-refractivity contribution in [1.82, 2.24) is 9.78 Å². The summed E-state index contributed by atoms with van der Waals surface area (Å²) in [4.78, 5) is 12.6. The Morgan fingerprint density at radius 3 is 2.57 bits per heavy atom. The number of halogens is 5. The quantitative estimate of drug-likeness (QED) is 0.573. The van der Waals surface area contributed by atoms with Gasteiger partial charge in [-0.3, -0.25) is 4.79 Å². The molecule has 10 heteroatoms. The molecule has 0 saturated carbocycles. The molecule has 2 aromatic carbocycles. The van der Waals surface area contributed by atoms with E-state index >= 15 is 0 Å². The van der Waals surface area contributed by atoms with Crippen molar-refractivity contribution in [3.05, 3.63) is 75.8 Å². The van der Waals surface area contributed by atoms with E-state index in [1.807, 2.05) is 6.07 Å². The maximum Gasteiger partial charge on any atom is 0.435 e. The van der Waals surface area contributed by atoms with E-state index in [-0.39, 0.29) is 16.9 Å². The minimum absolute atomic E-state index is 0.0796. The molecule has 0 bridgehead atoms. The van der Waals surface area contributed by atoms with Crippen LogP contribution in [0.4, 0.5) is 23.2 Å². The number of carbonyl (C=O) groups excluding carboxylic acids is 1. The first-order valence-corrected chi connectivity index (χ1v) is 8.42. The number of anilines is 1. The van der Waals surface area contributed by atoms with Crippen molar-refractivity contribution in [2.45, 2.75) is 6.18 Å². The molecule has 5 nitrogen and oxygen atoms in total. The summed E-state index contributed by atoms with van der Waals surface area (Å²) in [6.07, 6.45) is -4.80. The summed E-state index contributed by atoms with van der Waals surface area (Å²) in [7, 11) is 0. The first kappa shape index (κ1) is 19.6. The SMILES string of the molecule is N#Cc1cccc(-n2nc(C(F)(F)F)cc2C(=O)Nc2ccc(Br)cc2F)c1. The van der Waals surface area contributed by atoms with Gasteiger partial charge in [-0.1, -0.05) is 22.0 Å². The average Bonchev–Trinajstić information content (AvgIpc) is 3.10. The highest BCUT2D eigenvalue weighted by Gasteiger charge is 2.36. The zero-order chi connectivity index (χ0) is 20.5. The molecular weight excluding hydrogens is 444 g/mol. The van der Waals surface area contributed by atoms with Gasteiger partial charge in [0.05, 0.1) is 23.0 Å². The Bertz CT molecular complexity index is 1100. The third-order valence-electron chi connectivity index (χ3n) is 3.63. The molecule has 3 rings (SSSR count). The highest BCUT2D eigenvalue weighted by atomic mass is 79.9. The summed E-state index contributed by atoms with van der Waals surface area (Å²) in [6, 6.07) is 11.8. The monoisotopic (exact) mass is 452 g/mol. The molecule has 0 aliphatic carbocycles. The second-order valence-electron chi connectivity index (χ2n) is 5.56. The minimum Gasteiger partial charge on any atom is -0.318 e. The predicted octanol–water partition coefficient (Wildman–Crippen LogP) is 4.92. The van der Waals surface area contributed by atoms with Gasteiger partial charge in [-0.05, 0) is 36.4 Å². The van der Waals surface area contributed by atoms with Crippen LogP contribution in [0.1, 0.15) is 21.7 Å². The minimum atomic E-state index is -4.80. The van der Waals surface area contributed by atoms with Crippen LogP contribution in [0, 0.1) is 17.1 Å². The fourth-order valence-corrected chi connectivity index (χ4v) is 2.70. The number of carbonyl (C=O) groups is 1. The summed E-state index contributed by atoms with van der Waals surface area (Å²) in [5.74, 6) is -1.76. The molecule has 142 valence electrons. The van der Waals surface area contributed by atoms with Gasteiger partial charge in [0.1, 0.15) is 11.5 Å². The van der Waals surface area contributed by atoms with E-state index in [0.29, 0.717) is 10.5 Å². The van der Waals surface area contributed by atoms with Crippen molar-refractivity contribution in [2.75, 3.05) is 5.32 Å². The first-order chi connectivity index (χ1) is 13.2. The van der Waals surface area contributed by atoms with Crippen LogP contribution in [0.3, 0.4) is 0 Å². The number of nitrogens with zero attached hydrogens (tertiary/aromatic N) is 3. The zero-order valence-corrected chi connectivity index (χ0v) is 15.3. The standard InChI is InChI=1S/C18H9BrF4N4O/c19-11-4-5-14(13(20)7-11)25-17(28)15-8-16(18(21,22)23)26-27(15)12-3-1-2-10(6-12)9-24/h1-8H,(H,25,28). The molecule has 0 radical (unpaired) electrons. The average molecular weight is 453 g/mol. The molecule has 0 atom stereocenters. The van der Waals surface area contributed by atoms with E-state index in [2.05, 4.69) is 26.3 Å². The Morgan fingerprint density at radius 1 is 1.18 bits per heavy atom. The molecule has 0 aliphatic rings. The zero-order valence-electron chi connectivity index (χ0n) is 13.8. The van der Waals surface area contributed by atoms with E-state index < -0.39 is 29.3 Å². The molecule has 1 N–H and O–H groups in total. The van der Waals surface area contributed by atoms with Gasteiger partial charge < -0.3 is 5.32 Å². The number of alkyl halides is 3. The van der Waals surface area contributed by atoms with Crippen molar-refractivity contribution < 1.29 is 22.4 Å². The molecular formula is C18H9BrF4N4O. The third kappa shape index (κ3) is 4.04. The van der Waals surface area contributed by atoms with Crippen molar-refractivity contribution in [3.8, 4) is 11.8 Å². The lowest BCUT2D eigenvalue weighted by Gasteiger charge is -2.09. The summed E-state index contributed by atoms with van der Waals surface area (Å²) in [6.45, 7) is 0. The predicted molar refractivity (Wildman–Crippen MR) is 95.3 cm³/mol. The molecule has 0 aliphatic heterocycles. The van der Waals surface area contributed by atoms with Gasteiger partial charge in [-0.15, -0.1) is 0 Å². The van der Waals surface area contributed by atoms with Crippen molar-refractivity contribution >= 4 is 27.5 Å². The second kappa shape index (κ2) is 7.44. The van der Waals surface area contributed by atoms with Crippen LogP contribution in [0.2, 0.25) is 0 Å². The van der Waals surface area contributed by atoms with Gasteiger partial charge in [0.2, 0.25) is 0 Å². The van der Waals surface area contributed by atoms with E-state index in [4.69, 9.17) is 5.26 Å². The van der Waals surface area contributed by atoms with Gasteiger partial charge in [-0.2, -0.15) is 23.5 Å². The molecule has 0 saturated heterocycles. The molecule has 1 aromatic heterocycles. The summed E-state index contributed by atoms with van der Waals surface area (Å²) in [5.41, 5.74) is -1.72. The molecule has 1 heterocycles. The highest BCUT2D eigenvalue weighted by molar-refractivity contribution is 9.10. The summed E-state index contributed by atoms with van der Waals surface area (Å²) >= 11 is 3.07. The molecule has 0 spiro atoms. The van der Waals surface area contributed by atoms with E-state index in [1.54, 1.807) is 0 Å². The number of benzene rings is 2. The van der Waals surface area contributed by atoms with Crippen molar-refractivity contribution in [2.24, 2.45) is 0 Å². The Balaban J connectivity index is 2.07. The second-order valence-corrected chi connectivity index (χ2v) is 6.48. The Kier molecular flexibility index (Phi) is 5.20. The van der Waals surface area contributed by atoms with Crippen LogP contribution in [0.5, 0.6) is 0 Å². The number of rotatable bonds is 3. The lowest BCUT2D eigenvalue weighted by Crippen LogP contribution is -2.17. The number of nitrogens with one attached hydrogen (secondary N) is 1. The Hall–Kier alpha value is -3.19. The van der Waals surface area contributed by atoms with Gasteiger partial charge in [0.25, 0.3) is 5.91 Å². The highest BCUT2D eigenvalue weighted by Crippen LogP contribution is 2.30. The molecule has 28 heavy (non-hydrogen) atoms. The van der Waals surface area contributed by atoms with Crippen LogP contribution in [0.15, 0.2) is 53.0 Å². The van der Waals surface area contributed by atoms with Gasteiger partial charge in [0, 0.05) is 10.5 Å². The lowest BCUT2D eigenvalue weighted by atomic mass is 10.2. The van der Waals surface area contributed by atoms with Crippen molar-refractivity contribution in [1.29, 1.82) is 5.26 Å². The fraction of sp³-hybridized carbons (Fsp3) is 0.0556. The van der Waals surface area contributed by atoms with Crippen LogP contribution >= 0.6 is 15.9 Å². The molecule has 0 fully saturated rings. The summed E-state index contributed by atoms with van der Waals surface area (Å²) < 4.78 is 54.5. The van der Waals surface area contributed by atoms with Crippen LogP contribution in [0.25, 0.3) is 5.69 Å². The maximum atomic E-state index is 14.0. The topological polar surface area (TPSA) is 70.7 Å². The number of hydrogen-bond acceptors (Lipinski definition) is 3. The van der Waals surface area contributed by atoms with E-state index in [0.717, 1.165) is 10.7 Å². The van der Waals surface area contributed by atoms with E-state index in [9.17, 15) is 22.4 Å². The van der Waals surface area contributed by atoms with Gasteiger partial charge in [-0.25, -0.2) is 9.07 Å². The van der Waals surface area contributed by atoms with Gasteiger partial charge >= 0.3 is 6.18 Å². The molecule has 3 aromatic rings. The molecule has 1 amide bonds. The van der Waals surface area contributed by atoms with Crippen molar-refractivity contribution in [3.63, 3.8) is 0 Å². The number of nitriles is 1. The summed E-state index contributed by atoms with van der Waals surface area (Å²) in [5, 5.41) is 14.7. The Labute approximate surface area is 164 Å². The third-order valence-corrected chi connectivity index (χ3v) is 4.12. The normalized spacial score (nSPS) is 11.1. The maximum absolute atomic E-state index is 14.0. The van der Waals surface area contributed by atoms with E-state index in [1.165, 1.54) is 36.4 Å². The fourth-order valence-electron chi connectivity index (χ4n) is 2.36. The number of aromatic nitrogens is 2. The van der Waals surface area contributed by atoms with Crippen LogP contribution < -0.4 is 5.32 Å². The first-order valence-electron chi connectivity index (χ1n) is 7.63. The van der Waals surface area contributed by atoms with Crippen LogP contribution in [-0.4, -0.2) is 15.7 Å². The lowest BCUT2D eigenvalue weighted by molar-refractivity contribution is -0.141. The smallest absolute Gasteiger partial charge is 0.318 e. The largest absolute Gasteiger partial charge is 0.435 e. The van der Waals surface area contributed by atoms with Crippen LogP contribution in [-0.2, 0) is 6.18 Å². The number of amides is 1. The molecule has 0 unspecified atom stereocenters. The Morgan fingerprint density at radius 2 is 1.93 bits per heavy atom.